The van der Waals surface area contributed by atoms with Crippen molar-refractivity contribution in [1.29, 1.82) is 0 Å². The van der Waals surface area contributed by atoms with E-state index >= 15 is 0 Å². The quantitative estimate of drug-likeness (QED) is 0.602. The molecule has 0 bridgehead atoms. The van der Waals surface area contributed by atoms with E-state index in [2.05, 4.69) is 5.32 Å². The van der Waals surface area contributed by atoms with Gasteiger partial charge in [-0.15, -0.1) is 0 Å². The molecule has 15 heavy (non-hydrogen) atoms. The standard InChI is InChI=1S/C11H13NO3/c1-8(2)15-10-6-4-3-5-9(10)12-11(14)7-13/h3-8H,1-2H3,(H,12,14). The van der Waals surface area contributed by atoms with Crippen LogP contribution in [-0.2, 0) is 9.59 Å². The maximum atomic E-state index is 10.9. The van der Waals surface area contributed by atoms with Crippen LogP contribution in [0.4, 0.5) is 5.69 Å². The molecule has 0 aliphatic rings. The van der Waals surface area contributed by atoms with Crippen LogP contribution in [0.3, 0.4) is 0 Å². The molecule has 80 valence electrons. The van der Waals surface area contributed by atoms with Crippen molar-refractivity contribution in [1.82, 2.24) is 0 Å². The minimum atomic E-state index is -0.685. The summed E-state index contributed by atoms with van der Waals surface area (Å²) in [5.41, 5.74) is 0.503. The highest BCUT2D eigenvalue weighted by atomic mass is 16.5. The van der Waals surface area contributed by atoms with Crippen LogP contribution < -0.4 is 10.1 Å². The molecule has 0 atom stereocenters. The fourth-order valence-electron chi connectivity index (χ4n) is 1.09. The summed E-state index contributed by atoms with van der Waals surface area (Å²) in [7, 11) is 0. The molecule has 0 saturated heterocycles. The summed E-state index contributed by atoms with van der Waals surface area (Å²) in [6, 6.07) is 6.97. The van der Waals surface area contributed by atoms with E-state index in [4.69, 9.17) is 4.74 Å². The van der Waals surface area contributed by atoms with Crippen molar-refractivity contribution in [3.05, 3.63) is 24.3 Å². The van der Waals surface area contributed by atoms with Gasteiger partial charge < -0.3 is 10.1 Å². The predicted molar refractivity (Wildman–Crippen MR) is 56.9 cm³/mol. The Morgan fingerprint density at radius 1 is 1.40 bits per heavy atom. The van der Waals surface area contributed by atoms with E-state index in [0.717, 1.165) is 0 Å². The van der Waals surface area contributed by atoms with Crippen molar-refractivity contribution >= 4 is 17.9 Å². The zero-order chi connectivity index (χ0) is 11.3. The molecule has 1 N–H and O–H groups in total. The fraction of sp³-hybridized carbons (Fsp3) is 0.273. The molecule has 0 aliphatic carbocycles. The maximum Gasteiger partial charge on any atom is 0.288 e. The number of benzene rings is 1. The highest BCUT2D eigenvalue weighted by Gasteiger charge is 2.07. The number of carbonyl (C=O) groups is 2. The second-order valence-electron chi connectivity index (χ2n) is 3.27. The summed E-state index contributed by atoms with van der Waals surface area (Å²) in [5, 5.41) is 2.43. The predicted octanol–water partition coefficient (Wildman–Crippen LogP) is 1.61. The zero-order valence-corrected chi connectivity index (χ0v) is 8.69. The molecule has 1 aromatic carbocycles. The second-order valence-corrected chi connectivity index (χ2v) is 3.27. The lowest BCUT2D eigenvalue weighted by atomic mass is 10.3. The topological polar surface area (TPSA) is 55.4 Å². The van der Waals surface area contributed by atoms with Crippen LogP contribution in [0.1, 0.15) is 13.8 Å². The van der Waals surface area contributed by atoms with Gasteiger partial charge in [-0.2, -0.15) is 0 Å². The summed E-state index contributed by atoms with van der Waals surface area (Å²) in [6.07, 6.45) is 0.242. The van der Waals surface area contributed by atoms with Crippen LogP contribution in [0, 0.1) is 0 Å². The van der Waals surface area contributed by atoms with E-state index in [1.807, 2.05) is 13.8 Å². The minimum absolute atomic E-state index is 0.0132. The number of hydrogen-bond acceptors (Lipinski definition) is 3. The Labute approximate surface area is 88.2 Å². The van der Waals surface area contributed by atoms with Gasteiger partial charge in [-0.1, -0.05) is 12.1 Å². The molecule has 0 spiro atoms. The summed E-state index contributed by atoms with van der Waals surface area (Å²) in [5.74, 6) is -0.127. The third kappa shape index (κ3) is 3.42. The van der Waals surface area contributed by atoms with Gasteiger partial charge in [0.1, 0.15) is 5.75 Å². The van der Waals surface area contributed by atoms with Gasteiger partial charge in [0.15, 0.2) is 0 Å². The highest BCUT2D eigenvalue weighted by molar-refractivity contribution is 6.29. The second kappa shape index (κ2) is 5.14. The number of nitrogens with one attached hydrogen (secondary N) is 1. The van der Waals surface area contributed by atoms with Crippen LogP contribution >= 0.6 is 0 Å². The maximum absolute atomic E-state index is 10.9. The van der Waals surface area contributed by atoms with E-state index in [9.17, 15) is 9.59 Å². The van der Waals surface area contributed by atoms with E-state index in [1.165, 1.54) is 0 Å². The van der Waals surface area contributed by atoms with Crippen molar-refractivity contribution in [2.24, 2.45) is 0 Å². The number of anilines is 1. The van der Waals surface area contributed by atoms with Gasteiger partial charge in [0, 0.05) is 0 Å². The average molecular weight is 207 g/mol. The van der Waals surface area contributed by atoms with Crippen molar-refractivity contribution in [2.45, 2.75) is 20.0 Å². The third-order valence-corrected chi connectivity index (χ3v) is 1.61. The normalized spacial score (nSPS) is 9.80. The van der Waals surface area contributed by atoms with Gasteiger partial charge in [0.2, 0.25) is 6.29 Å². The average Bonchev–Trinajstić information content (AvgIpc) is 2.20. The number of ether oxygens (including phenoxy) is 1. The first kappa shape index (κ1) is 11.2. The first-order valence-corrected chi connectivity index (χ1v) is 4.65. The number of rotatable bonds is 4. The van der Waals surface area contributed by atoms with Crippen molar-refractivity contribution in [2.75, 3.05) is 5.32 Å². The molecule has 1 aromatic rings. The van der Waals surface area contributed by atoms with Crippen LogP contribution in [-0.4, -0.2) is 18.3 Å². The van der Waals surface area contributed by atoms with E-state index in [1.54, 1.807) is 24.3 Å². The van der Waals surface area contributed by atoms with E-state index < -0.39 is 5.91 Å². The monoisotopic (exact) mass is 207 g/mol. The summed E-state index contributed by atoms with van der Waals surface area (Å²) in [4.78, 5) is 21.1. The Morgan fingerprint density at radius 3 is 2.67 bits per heavy atom. The Kier molecular flexibility index (Phi) is 3.85. The molecule has 0 aliphatic heterocycles. The van der Waals surface area contributed by atoms with E-state index in [0.29, 0.717) is 11.4 Å². The molecule has 1 amide bonds. The zero-order valence-electron chi connectivity index (χ0n) is 8.69. The number of aldehydes is 1. The molecule has 0 unspecified atom stereocenters. The Bertz CT molecular complexity index is 361. The van der Waals surface area contributed by atoms with Crippen molar-refractivity contribution < 1.29 is 14.3 Å². The van der Waals surface area contributed by atoms with Gasteiger partial charge >= 0.3 is 0 Å². The molecular weight excluding hydrogens is 194 g/mol. The molecular formula is C11H13NO3. The van der Waals surface area contributed by atoms with Crippen molar-refractivity contribution in [3.63, 3.8) is 0 Å². The summed E-state index contributed by atoms with van der Waals surface area (Å²) in [6.45, 7) is 3.77. The van der Waals surface area contributed by atoms with Gasteiger partial charge in [-0.25, -0.2) is 0 Å². The molecule has 0 saturated carbocycles. The molecule has 0 heterocycles. The van der Waals surface area contributed by atoms with Crippen LogP contribution in [0.25, 0.3) is 0 Å². The molecule has 4 heteroatoms. The lowest BCUT2D eigenvalue weighted by molar-refractivity contribution is -0.127. The van der Waals surface area contributed by atoms with Gasteiger partial charge in [-0.3, -0.25) is 9.59 Å². The van der Waals surface area contributed by atoms with Crippen LogP contribution in [0.5, 0.6) is 5.75 Å². The number of amides is 1. The Morgan fingerprint density at radius 2 is 2.07 bits per heavy atom. The number of hydrogen-bond donors (Lipinski definition) is 1. The summed E-state index contributed by atoms with van der Waals surface area (Å²) >= 11 is 0. The summed E-state index contributed by atoms with van der Waals surface area (Å²) < 4.78 is 5.46. The smallest absolute Gasteiger partial charge is 0.288 e. The van der Waals surface area contributed by atoms with Crippen molar-refractivity contribution in [3.8, 4) is 5.75 Å². The Balaban J connectivity index is 2.85. The van der Waals surface area contributed by atoms with Crippen LogP contribution in [0.15, 0.2) is 24.3 Å². The molecule has 4 nitrogen and oxygen atoms in total. The third-order valence-electron chi connectivity index (χ3n) is 1.61. The Hall–Kier alpha value is -1.84. The highest BCUT2D eigenvalue weighted by Crippen LogP contribution is 2.24. The first-order valence-electron chi connectivity index (χ1n) is 4.65. The number of para-hydroxylation sites is 2. The van der Waals surface area contributed by atoms with Gasteiger partial charge in [0.05, 0.1) is 11.8 Å². The lowest BCUT2D eigenvalue weighted by Gasteiger charge is -2.13. The van der Waals surface area contributed by atoms with Crippen LogP contribution in [0.2, 0.25) is 0 Å². The minimum Gasteiger partial charge on any atom is -0.489 e. The molecule has 0 radical (unpaired) electrons. The first-order chi connectivity index (χ1) is 7.13. The number of carbonyl (C=O) groups excluding carboxylic acids is 2. The van der Waals surface area contributed by atoms with Gasteiger partial charge in [0.25, 0.3) is 5.91 Å². The van der Waals surface area contributed by atoms with E-state index in [-0.39, 0.29) is 12.4 Å². The molecule has 0 aromatic heterocycles. The lowest BCUT2D eigenvalue weighted by Crippen LogP contribution is -2.14. The largest absolute Gasteiger partial charge is 0.489 e. The fourth-order valence-corrected chi connectivity index (χ4v) is 1.09. The molecule has 1 rings (SSSR count). The van der Waals surface area contributed by atoms with Gasteiger partial charge in [-0.05, 0) is 26.0 Å². The molecule has 0 fully saturated rings. The SMILES string of the molecule is CC(C)Oc1ccccc1NC(=O)C=O.